The van der Waals surface area contributed by atoms with Crippen LogP contribution in [-0.2, 0) is 0 Å². The molecule has 0 radical (unpaired) electrons. The number of thiophene rings is 1. The van der Waals surface area contributed by atoms with Crippen molar-refractivity contribution in [3.8, 4) is 0 Å². The van der Waals surface area contributed by atoms with Gasteiger partial charge in [0.05, 0.1) is 0 Å². The molecule has 3 rings (SSSR count). The number of nitrogens with zero attached hydrogens (tertiary/aromatic N) is 3. The summed E-state index contributed by atoms with van der Waals surface area (Å²) in [7, 11) is 0. The number of thiazole rings is 1. The second-order valence-electron chi connectivity index (χ2n) is 4.26. The number of rotatable bonds is 3. The molecule has 1 saturated heterocycles. The van der Waals surface area contributed by atoms with Crippen LogP contribution in [0.5, 0.6) is 0 Å². The number of aromatic carboxylic acids is 1. The highest BCUT2D eigenvalue weighted by Gasteiger charge is 2.20. The predicted molar refractivity (Wildman–Crippen MR) is 77.8 cm³/mol. The van der Waals surface area contributed by atoms with E-state index in [1.807, 2.05) is 17.0 Å². The van der Waals surface area contributed by atoms with Crippen LogP contribution < -0.4 is 9.80 Å². The first-order chi connectivity index (χ1) is 9.24. The molecule has 1 aliphatic rings. The summed E-state index contributed by atoms with van der Waals surface area (Å²) >= 11 is 2.94. The fourth-order valence-electron chi connectivity index (χ4n) is 2.13. The summed E-state index contributed by atoms with van der Waals surface area (Å²) in [4.78, 5) is 20.1. The van der Waals surface area contributed by atoms with Gasteiger partial charge >= 0.3 is 5.97 Å². The molecule has 1 aliphatic heterocycles. The van der Waals surface area contributed by atoms with Crippen molar-refractivity contribution in [3.63, 3.8) is 0 Å². The second kappa shape index (κ2) is 5.18. The van der Waals surface area contributed by atoms with E-state index in [1.54, 1.807) is 17.4 Å². The molecule has 1 fully saturated rings. The maximum atomic E-state index is 10.9. The number of hydrogen-bond donors (Lipinski definition) is 1. The van der Waals surface area contributed by atoms with E-state index < -0.39 is 5.97 Å². The molecule has 0 amide bonds. The summed E-state index contributed by atoms with van der Waals surface area (Å²) in [6.07, 6.45) is 1.82. The van der Waals surface area contributed by atoms with E-state index in [-0.39, 0.29) is 0 Å². The van der Waals surface area contributed by atoms with Crippen LogP contribution in [0.25, 0.3) is 0 Å². The molecule has 2 aromatic heterocycles. The highest BCUT2D eigenvalue weighted by Crippen LogP contribution is 2.26. The lowest BCUT2D eigenvalue weighted by molar-refractivity contribution is 0.0702. The van der Waals surface area contributed by atoms with Crippen molar-refractivity contribution in [2.45, 2.75) is 0 Å². The Kier molecular flexibility index (Phi) is 3.39. The summed E-state index contributed by atoms with van der Waals surface area (Å²) in [6, 6.07) is 1.76. The zero-order valence-electron chi connectivity index (χ0n) is 10.2. The fraction of sp³-hybridized carbons (Fsp3) is 0.333. The Balaban J connectivity index is 1.64. The van der Waals surface area contributed by atoms with E-state index >= 15 is 0 Å². The van der Waals surface area contributed by atoms with Gasteiger partial charge in [-0.05, 0) is 6.07 Å². The van der Waals surface area contributed by atoms with E-state index in [1.165, 1.54) is 11.3 Å². The molecule has 2 aromatic rings. The number of piperazine rings is 1. The van der Waals surface area contributed by atoms with Gasteiger partial charge in [-0.2, -0.15) is 0 Å². The van der Waals surface area contributed by atoms with Gasteiger partial charge in [0.15, 0.2) is 5.13 Å². The molecule has 0 saturated carbocycles. The van der Waals surface area contributed by atoms with Gasteiger partial charge in [0, 0.05) is 48.8 Å². The van der Waals surface area contributed by atoms with Gasteiger partial charge in [-0.1, -0.05) is 0 Å². The second-order valence-corrected chi connectivity index (χ2v) is 6.05. The Hall–Kier alpha value is -1.60. The van der Waals surface area contributed by atoms with Crippen molar-refractivity contribution >= 4 is 39.5 Å². The molecular weight excluding hydrogens is 282 g/mol. The van der Waals surface area contributed by atoms with E-state index in [0.717, 1.165) is 37.0 Å². The molecule has 0 atom stereocenters. The maximum absolute atomic E-state index is 10.9. The average molecular weight is 295 g/mol. The van der Waals surface area contributed by atoms with E-state index in [4.69, 9.17) is 5.11 Å². The molecule has 5 nitrogen and oxygen atoms in total. The molecule has 0 unspecified atom stereocenters. The van der Waals surface area contributed by atoms with Gasteiger partial charge in [0.1, 0.15) is 4.88 Å². The van der Waals surface area contributed by atoms with E-state index in [0.29, 0.717) is 4.88 Å². The van der Waals surface area contributed by atoms with Gasteiger partial charge in [0.25, 0.3) is 0 Å². The Labute approximate surface area is 118 Å². The molecule has 19 heavy (non-hydrogen) atoms. The van der Waals surface area contributed by atoms with Crippen LogP contribution in [0.4, 0.5) is 10.8 Å². The summed E-state index contributed by atoms with van der Waals surface area (Å²) in [6.45, 7) is 3.64. The minimum Gasteiger partial charge on any atom is -0.477 e. The fourth-order valence-corrected chi connectivity index (χ4v) is 3.58. The van der Waals surface area contributed by atoms with Crippen LogP contribution in [0.15, 0.2) is 23.0 Å². The van der Waals surface area contributed by atoms with Gasteiger partial charge in [-0.15, -0.1) is 22.7 Å². The molecule has 100 valence electrons. The van der Waals surface area contributed by atoms with Crippen molar-refractivity contribution < 1.29 is 9.90 Å². The SMILES string of the molecule is O=C(O)c1cc(N2CCN(c3nccs3)CC2)cs1. The third kappa shape index (κ3) is 2.57. The lowest BCUT2D eigenvalue weighted by Gasteiger charge is -2.35. The monoisotopic (exact) mass is 295 g/mol. The van der Waals surface area contributed by atoms with Crippen LogP contribution in [0.3, 0.4) is 0 Å². The van der Waals surface area contributed by atoms with Crippen molar-refractivity contribution in [2.75, 3.05) is 36.0 Å². The van der Waals surface area contributed by atoms with Gasteiger partial charge in [-0.3, -0.25) is 0 Å². The lowest BCUT2D eigenvalue weighted by Crippen LogP contribution is -2.46. The first kappa shape index (κ1) is 12.4. The zero-order valence-corrected chi connectivity index (χ0v) is 11.8. The molecule has 7 heteroatoms. The number of aromatic nitrogens is 1. The van der Waals surface area contributed by atoms with Crippen LogP contribution in [0.2, 0.25) is 0 Å². The molecule has 0 spiro atoms. The Bertz CT molecular complexity index is 559. The normalized spacial score (nSPS) is 15.8. The molecular formula is C12H13N3O2S2. The first-order valence-electron chi connectivity index (χ1n) is 5.95. The third-order valence-corrected chi connectivity index (χ3v) is 4.87. The Morgan fingerprint density at radius 2 is 1.95 bits per heavy atom. The summed E-state index contributed by atoms with van der Waals surface area (Å²) < 4.78 is 0. The van der Waals surface area contributed by atoms with E-state index in [2.05, 4.69) is 14.8 Å². The lowest BCUT2D eigenvalue weighted by atomic mass is 10.3. The highest BCUT2D eigenvalue weighted by molar-refractivity contribution is 7.13. The van der Waals surface area contributed by atoms with Crippen LogP contribution in [0, 0.1) is 0 Å². The molecule has 3 heterocycles. The average Bonchev–Trinajstić information content (AvgIpc) is 3.11. The minimum absolute atomic E-state index is 0.400. The Morgan fingerprint density at radius 1 is 1.21 bits per heavy atom. The number of anilines is 2. The molecule has 0 aliphatic carbocycles. The van der Waals surface area contributed by atoms with Gasteiger partial charge in [-0.25, -0.2) is 9.78 Å². The zero-order chi connectivity index (χ0) is 13.2. The number of carbonyl (C=O) groups is 1. The number of carboxylic acids is 1. The minimum atomic E-state index is -0.849. The smallest absolute Gasteiger partial charge is 0.345 e. The van der Waals surface area contributed by atoms with E-state index in [9.17, 15) is 4.79 Å². The van der Waals surface area contributed by atoms with Crippen molar-refractivity contribution in [1.82, 2.24) is 4.98 Å². The standard InChI is InChI=1S/C12H13N3O2S2/c16-11(17)10-7-9(8-19-10)14-2-4-15(5-3-14)12-13-1-6-18-12/h1,6-8H,2-5H2,(H,16,17). The first-order valence-corrected chi connectivity index (χ1v) is 7.71. The van der Waals surface area contributed by atoms with Crippen molar-refractivity contribution in [1.29, 1.82) is 0 Å². The highest BCUT2D eigenvalue weighted by atomic mass is 32.1. The summed E-state index contributed by atoms with van der Waals surface area (Å²) in [5, 5.41) is 13.9. The van der Waals surface area contributed by atoms with Crippen LogP contribution in [0.1, 0.15) is 9.67 Å². The maximum Gasteiger partial charge on any atom is 0.345 e. The molecule has 0 bridgehead atoms. The molecule has 1 N–H and O–H groups in total. The summed E-state index contributed by atoms with van der Waals surface area (Å²) in [5.74, 6) is -0.849. The topological polar surface area (TPSA) is 56.7 Å². The van der Waals surface area contributed by atoms with Crippen molar-refractivity contribution in [3.05, 3.63) is 27.9 Å². The number of carboxylic acid groups (broad SMARTS) is 1. The third-order valence-electron chi connectivity index (χ3n) is 3.13. The quantitative estimate of drug-likeness (QED) is 0.941. The van der Waals surface area contributed by atoms with Crippen molar-refractivity contribution in [2.24, 2.45) is 0 Å². The molecule has 0 aromatic carbocycles. The predicted octanol–water partition coefficient (Wildman–Crippen LogP) is 2.23. The van der Waals surface area contributed by atoms with Crippen LogP contribution in [-0.4, -0.2) is 42.2 Å². The summed E-state index contributed by atoms with van der Waals surface area (Å²) in [5.41, 5.74) is 1.01. The Morgan fingerprint density at radius 3 is 2.53 bits per heavy atom. The number of hydrogen-bond acceptors (Lipinski definition) is 6. The van der Waals surface area contributed by atoms with Gasteiger partial charge < -0.3 is 14.9 Å². The van der Waals surface area contributed by atoms with Crippen LogP contribution >= 0.6 is 22.7 Å². The largest absolute Gasteiger partial charge is 0.477 e. The van der Waals surface area contributed by atoms with Gasteiger partial charge in [0.2, 0.25) is 0 Å².